The Kier molecular flexibility index (Phi) is 2.28. The van der Waals surface area contributed by atoms with E-state index in [1.54, 1.807) is 0 Å². The van der Waals surface area contributed by atoms with Crippen LogP contribution in [0.5, 0.6) is 0 Å². The largest absolute Gasteiger partial charge is 0.454 e. The maximum Gasteiger partial charge on any atom is 0.454 e. The van der Waals surface area contributed by atoms with E-state index in [0.717, 1.165) is 25.5 Å². The van der Waals surface area contributed by atoms with Crippen molar-refractivity contribution in [1.82, 2.24) is 9.78 Å². The molecule has 1 aromatic rings. The molecular weight excluding hydrogens is 209 g/mol. The Morgan fingerprint density at radius 3 is 2.60 bits per heavy atom. The molecule has 3 nitrogen and oxygen atoms in total. The number of hydrogen-bond donors (Lipinski definition) is 0. The quantitative estimate of drug-likeness (QED) is 0.714. The maximum atomic E-state index is 12.1. The van der Waals surface area contributed by atoms with Crippen molar-refractivity contribution in [3.63, 3.8) is 0 Å². The van der Waals surface area contributed by atoms with E-state index in [2.05, 4.69) is 5.10 Å². The summed E-state index contributed by atoms with van der Waals surface area (Å²) in [5.74, 6) is -1.83. The van der Waals surface area contributed by atoms with Crippen molar-refractivity contribution in [2.75, 3.05) is 0 Å². The molecule has 0 radical (unpaired) electrons. The second-order valence-corrected chi connectivity index (χ2v) is 3.62. The molecule has 82 valence electrons. The van der Waals surface area contributed by atoms with Crippen molar-refractivity contribution >= 4 is 5.78 Å². The van der Waals surface area contributed by atoms with Crippen molar-refractivity contribution < 1.29 is 18.0 Å². The number of aromatic nitrogens is 2. The van der Waals surface area contributed by atoms with Crippen LogP contribution >= 0.6 is 0 Å². The molecule has 0 aliphatic heterocycles. The number of alkyl halides is 3. The van der Waals surface area contributed by atoms with Gasteiger partial charge in [0.2, 0.25) is 0 Å². The second-order valence-electron chi connectivity index (χ2n) is 3.62. The molecule has 2 rings (SSSR count). The van der Waals surface area contributed by atoms with Gasteiger partial charge in [0.1, 0.15) is 0 Å². The van der Waals surface area contributed by atoms with Crippen LogP contribution in [0.1, 0.15) is 35.7 Å². The van der Waals surface area contributed by atoms with Gasteiger partial charge in [0, 0.05) is 6.20 Å². The highest BCUT2D eigenvalue weighted by molar-refractivity contribution is 5.99. The summed E-state index contributed by atoms with van der Waals surface area (Å²) in [5, 5.41) is 3.77. The number of Topliss-reactive ketones (excluding diaryl/α,β-unsaturated/α-hetero) is 1. The molecule has 15 heavy (non-hydrogen) atoms. The van der Waals surface area contributed by atoms with Crippen LogP contribution in [0, 0.1) is 0 Å². The van der Waals surface area contributed by atoms with Crippen LogP contribution in [0.2, 0.25) is 0 Å². The summed E-state index contributed by atoms with van der Waals surface area (Å²) in [6.45, 7) is 0. The lowest BCUT2D eigenvalue weighted by Gasteiger charge is -2.25. The Balaban J connectivity index is 2.16. The molecule has 0 atom stereocenters. The summed E-state index contributed by atoms with van der Waals surface area (Å²) < 4.78 is 37.6. The maximum absolute atomic E-state index is 12.1. The molecule has 0 N–H and O–H groups in total. The van der Waals surface area contributed by atoms with Crippen LogP contribution in [0.3, 0.4) is 0 Å². The lowest BCUT2D eigenvalue weighted by molar-refractivity contribution is -0.0885. The molecule has 0 aromatic carbocycles. The van der Waals surface area contributed by atoms with E-state index in [-0.39, 0.29) is 11.6 Å². The van der Waals surface area contributed by atoms with Gasteiger partial charge in [-0.1, -0.05) is 0 Å². The number of carbonyl (C=O) groups excluding carboxylic acids is 1. The minimum Gasteiger partial charge on any atom is -0.284 e. The minimum absolute atomic E-state index is 0.166. The van der Waals surface area contributed by atoms with Crippen LogP contribution in [-0.4, -0.2) is 21.7 Å². The molecule has 0 unspecified atom stereocenters. The summed E-state index contributed by atoms with van der Waals surface area (Å²) >= 11 is 0. The third kappa shape index (κ3) is 1.88. The Labute approximate surface area is 83.9 Å². The van der Waals surface area contributed by atoms with Gasteiger partial charge in [-0.05, 0) is 19.3 Å². The number of rotatable bonds is 2. The monoisotopic (exact) mass is 218 g/mol. The van der Waals surface area contributed by atoms with E-state index in [0.29, 0.717) is 0 Å². The highest BCUT2D eigenvalue weighted by Crippen LogP contribution is 2.31. The van der Waals surface area contributed by atoms with Crippen LogP contribution in [0.25, 0.3) is 0 Å². The highest BCUT2D eigenvalue weighted by Gasteiger charge is 2.40. The molecule has 1 aliphatic carbocycles. The normalized spacial score (nSPS) is 17.5. The molecule has 0 bridgehead atoms. The zero-order valence-electron chi connectivity index (χ0n) is 7.79. The van der Waals surface area contributed by atoms with Gasteiger partial charge < -0.3 is 0 Å². The summed E-state index contributed by atoms with van der Waals surface area (Å²) in [5.41, 5.74) is -0.380. The number of halogens is 3. The van der Waals surface area contributed by atoms with E-state index in [1.807, 2.05) is 0 Å². The fourth-order valence-corrected chi connectivity index (χ4v) is 1.47. The fraction of sp³-hybridized carbons (Fsp3) is 0.556. The summed E-state index contributed by atoms with van der Waals surface area (Å²) in [4.78, 5) is 10.8. The molecular formula is C9H9F3N2O. The van der Waals surface area contributed by atoms with Crippen molar-refractivity contribution in [3.8, 4) is 0 Å². The van der Waals surface area contributed by atoms with Gasteiger partial charge in [0.25, 0.3) is 5.78 Å². The van der Waals surface area contributed by atoms with Gasteiger partial charge >= 0.3 is 6.18 Å². The summed E-state index contributed by atoms with van der Waals surface area (Å²) in [7, 11) is 0. The van der Waals surface area contributed by atoms with Gasteiger partial charge in [-0.15, -0.1) is 0 Å². The Hall–Kier alpha value is -1.33. The van der Waals surface area contributed by atoms with Crippen LogP contribution in [0.4, 0.5) is 13.2 Å². The third-order valence-corrected chi connectivity index (χ3v) is 2.57. The number of ketones is 1. The van der Waals surface area contributed by atoms with Crippen molar-refractivity contribution in [3.05, 3.63) is 18.0 Å². The number of hydrogen-bond acceptors (Lipinski definition) is 2. The van der Waals surface area contributed by atoms with Crippen molar-refractivity contribution in [2.45, 2.75) is 31.5 Å². The molecule has 6 heteroatoms. The van der Waals surface area contributed by atoms with Crippen LogP contribution < -0.4 is 0 Å². The molecule has 1 aliphatic rings. The van der Waals surface area contributed by atoms with Crippen molar-refractivity contribution in [1.29, 1.82) is 0 Å². The fourth-order valence-electron chi connectivity index (χ4n) is 1.47. The van der Waals surface area contributed by atoms with Gasteiger partial charge in [-0.2, -0.15) is 18.3 Å². The number of carbonyl (C=O) groups is 1. The van der Waals surface area contributed by atoms with Crippen LogP contribution in [-0.2, 0) is 0 Å². The third-order valence-electron chi connectivity index (χ3n) is 2.57. The Morgan fingerprint density at radius 2 is 2.13 bits per heavy atom. The predicted molar refractivity (Wildman–Crippen MR) is 45.5 cm³/mol. The Bertz CT molecular complexity index is 379. The van der Waals surface area contributed by atoms with Gasteiger partial charge in [-0.25, -0.2) is 0 Å². The predicted octanol–water partition coefficient (Wildman–Crippen LogP) is 2.35. The molecule has 0 spiro atoms. The van der Waals surface area contributed by atoms with E-state index in [1.165, 1.54) is 10.9 Å². The average molecular weight is 218 g/mol. The van der Waals surface area contributed by atoms with E-state index in [4.69, 9.17) is 0 Å². The second kappa shape index (κ2) is 3.36. The lowest BCUT2D eigenvalue weighted by atomic mass is 9.93. The smallest absolute Gasteiger partial charge is 0.284 e. The van der Waals surface area contributed by atoms with E-state index >= 15 is 0 Å². The molecule has 1 aromatic heterocycles. The first-order chi connectivity index (χ1) is 6.98. The first-order valence-corrected chi connectivity index (χ1v) is 4.64. The number of nitrogens with zero attached hydrogens (tertiary/aromatic N) is 2. The van der Waals surface area contributed by atoms with E-state index in [9.17, 15) is 18.0 Å². The topological polar surface area (TPSA) is 34.9 Å². The van der Waals surface area contributed by atoms with Gasteiger partial charge in [0.15, 0.2) is 0 Å². The standard InChI is InChI=1S/C9H9F3N2O/c10-9(11,12)8(15)6-4-13-14(5-6)7-2-1-3-7/h4-5,7H,1-3H2. The Morgan fingerprint density at radius 1 is 1.47 bits per heavy atom. The molecule has 1 fully saturated rings. The molecule has 1 saturated carbocycles. The highest BCUT2D eigenvalue weighted by atomic mass is 19.4. The molecule has 0 amide bonds. The van der Waals surface area contributed by atoms with Gasteiger partial charge in [0.05, 0.1) is 17.8 Å². The molecule has 1 heterocycles. The SMILES string of the molecule is O=C(c1cnn(C2CCC2)c1)C(F)(F)F. The van der Waals surface area contributed by atoms with Crippen molar-refractivity contribution in [2.24, 2.45) is 0 Å². The first-order valence-electron chi connectivity index (χ1n) is 4.64. The summed E-state index contributed by atoms with van der Waals surface area (Å²) in [6.07, 6.45) is 0.247. The zero-order valence-corrected chi connectivity index (χ0v) is 7.79. The zero-order chi connectivity index (χ0) is 11.1. The minimum atomic E-state index is -4.81. The van der Waals surface area contributed by atoms with Gasteiger partial charge in [-0.3, -0.25) is 9.48 Å². The lowest BCUT2D eigenvalue weighted by Crippen LogP contribution is -2.22. The first kappa shape index (κ1) is 10.2. The summed E-state index contributed by atoms with van der Waals surface area (Å²) in [6, 6.07) is 0.166. The van der Waals surface area contributed by atoms with Crippen LogP contribution in [0.15, 0.2) is 12.4 Å². The van der Waals surface area contributed by atoms with E-state index < -0.39 is 12.0 Å². The molecule has 0 saturated heterocycles. The average Bonchev–Trinajstić information content (AvgIpc) is 2.47.